The van der Waals surface area contributed by atoms with Crippen LogP contribution in [0.4, 0.5) is 0 Å². The molecule has 0 aromatic rings. The number of allylic oxidation sites excluding steroid dienone is 2. The second-order valence-corrected chi connectivity index (χ2v) is 5.44. The summed E-state index contributed by atoms with van der Waals surface area (Å²) in [4.78, 5) is 11.3. The molecule has 4 heteroatoms. The summed E-state index contributed by atoms with van der Waals surface area (Å²) in [7, 11) is 0. The van der Waals surface area contributed by atoms with Crippen molar-refractivity contribution in [2.45, 2.75) is 77.2 Å². The van der Waals surface area contributed by atoms with Crippen LogP contribution in [-0.4, -0.2) is 35.5 Å². The van der Waals surface area contributed by atoms with Gasteiger partial charge in [0.2, 0.25) is 0 Å². The summed E-state index contributed by atoms with van der Waals surface area (Å²) in [5, 5.41) is 17.6. The molecule has 0 rings (SSSR count). The number of hydrogen-bond donors (Lipinski definition) is 2. The van der Waals surface area contributed by atoms with Crippen molar-refractivity contribution >= 4 is 5.97 Å². The minimum atomic E-state index is -0.959. The standard InChI is InChI=1S/C17H32O4/c1-2-3-4-5-6-7-8-9-10-11-12-13-17(20)21-15-16(19)14-18/h5-6,16,18-19H,2-4,7-15H2,1H3/b6-5-/t16-/m0/s1. The maximum Gasteiger partial charge on any atom is 0.305 e. The van der Waals surface area contributed by atoms with Crippen LogP contribution in [0.1, 0.15) is 71.1 Å². The Labute approximate surface area is 129 Å². The number of ether oxygens (including phenoxy) is 1. The molecule has 0 heterocycles. The minimum absolute atomic E-state index is 0.111. The lowest BCUT2D eigenvalue weighted by Crippen LogP contribution is -2.21. The summed E-state index contributed by atoms with van der Waals surface area (Å²) in [6.45, 7) is 1.72. The molecule has 0 radical (unpaired) electrons. The second-order valence-electron chi connectivity index (χ2n) is 5.44. The average molecular weight is 300 g/mol. The Morgan fingerprint density at radius 1 is 1.05 bits per heavy atom. The first-order chi connectivity index (χ1) is 10.2. The van der Waals surface area contributed by atoms with E-state index in [1.54, 1.807) is 0 Å². The highest BCUT2D eigenvalue weighted by atomic mass is 16.5. The van der Waals surface area contributed by atoms with Crippen LogP contribution in [0.3, 0.4) is 0 Å². The van der Waals surface area contributed by atoms with Crippen molar-refractivity contribution in [2.24, 2.45) is 0 Å². The maximum absolute atomic E-state index is 11.3. The van der Waals surface area contributed by atoms with E-state index in [4.69, 9.17) is 14.9 Å². The van der Waals surface area contributed by atoms with Crippen LogP contribution in [0.2, 0.25) is 0 Å². The van der Waals surface area contributed by atoms with Gasteiger partial charge in [-0.25, -0.2) is 0 Å². The van der Waals surface area contributed by atoms with Gasteiger partial charge in [-0.3, -0.25) is 4.79 Å². The molecule has 0 unspecified atom stereocenters. The molecule has 0 saturated carbocycles. The lowest BCUT2D eigenvalue weighted by Gasteiger charge is -2.08. The molecule has 0 aliphatic heterocycles. The van der Waals surface area contributed by atoms with Crippen molar-refractivity contribution in [3.05, 3.63) is 12.2 Å². The van der Waals surface area contributed by atoms with Crippen LogP contribution in [-0.2, 0) is 9.53 Å². The smallest absolute Gasteiger partial charge is 0.305 e. The highest BCUT2D eigenvalue weighted by molar-refractivity contribution is 5.69. The van der Waals surface area contributed by atoms with E-state index in [9.17, 15) is 4.79 Å². The lowest BCUT2D eigenvalue weighted by molar-refractivity contribution is -0.147. The Bertz CT molecular complexity index is 264. The molecule has 0 aromatic heterocycles. The Morgan fingerprint density at radius 2 is 1.67 bits per heavy atom. The second kappa shape index (κ2) is 15.5. The van der Waals surface area contributed by atoms with E-state index >= 15 is 0 Å². The largest absolute Gasteiger partial charge is 0.463 e. The van der Waals surface area contributed by atoms with Gasteiger partial charge in [-0.2, -0.15) is 0 Å². The first-order valence-electron chi connectivity index (χ1n) is 8.30. The third kappa shape index (κ3) is 15.3. The molecule has 0 aliphatic carbocycles. The number of unbranched alkanes of at least 4 members (excludes halogenated alkanes) is 7. The molecule has 0 bridgehead atoms. The Hall–Kier alpha value is -0.870. The molecule has 0 spiro atoms. The number of carbonyl (C=O) groups is 1. The summed E-state index contributed by atoms with van der Waals surface area (Å²) in [6, 6.07) is 0. The predicted molar refractivity (Wildman–Crippen MR) is 85.0 cm³/mol. The summed E-state index contributed by atoms with van der Waals surface area (Å²) >= 11 is 0. The van der Waals surface area contributed by atoms with Gasteiger partial charge in [0.25, 0.3) is 0 Å². The molecule has 0 amide bonds. The SMILES string of the molecule is CCCC/C=C\CCCCCCCC(=O)OC[C@@H](O)CO. The Morgan fingerprint density at radius 3 is 2.33 bits per heavy atom. The third-order valence-corrected chi connectivity index (χ3v) is 3.29. The fourth-order valence-corrected chi connectivity index (χ4v) is 1.93. The van der Waals surface area contributed by atoms with Crippen molar-refractivity contribution in [3.63, 3.8) is 0 Å². The third-order valence-electron chi connectivity index (χ3n) is 3.29. The molecule has 2 N–H and O–H groups in total. The summed E-state index contributed by atoms with van der Waals surface area (Å²) < 4.78 is 4.83. The van der Waals surface area contributed by atoms with Crippen molar-refractivity contribution in [3.8, 4) is 0 Å². The fraction of sp³-hybridized carbons (Fsp3) is 0.824. The summed E-state index contributed by atoms with van der Waals surface area (Å²) in [5.41, 5.74) is 0. The van der Waals surface area contributed by atoms with Gasteiger partial charge in [0.15, 0.2) is 0 Å². The molecule has 0 aliphatic rings. The topological polar surface area (TPSA) is 66.8 Å². The molecular weight excluding hydrogens is 268 g/mol. The van der Waals surface area contributed by atoms with E-state index < -0.39 is 6.10 Å². The van der Waals surface area contributed by atoms with Crippen LogP contribution in [0.5, 0.6) is 0 Å². The molecule has 1 atom stereocenters. The quantitative estimate of drug-likeness (QED) is 0.293. The van der Waals surface area contributed by atoms with Gasteiger partial charge in [-0.05, 0) is 25.7 Å². The first kappa shape index (κ1) is 20.1. The van der Waals surface area contributed by atoms with Crippen LogP contribution in [0.25, 0.3) is 0 Å². The van der Waals surface area contributed by atoms with Gasteiger partial charge in [-0.15, -0.1) is 0 Å². The van der Waals surface area contributed by atoms with E-state index in [1.165, 1.54) is 32.1 Å². The summed E-state index contributed by atoms with van der Waals surface area (Å²) in [6.07, 6.45) is 14.3. The van der Waals surface area contributed by atoms with E-state index in [2.05, 4.69) is 19.1 Å². The number of carbonyl (C=O) groups excluding carboxylic acids is 1. The van der Waals surface area contributed by atoms with E-state index in [-0.39, 0.29) is 19.2 Å². The Kier molecular flexibility index (Phi) is 14.9. The van der Waals surface area contributed by atoms with Crippen molar-refractivity contribution in [2.75, 3.05) is 13.2 Å². The number of aliphatic hydroxyl groups excluding tert-OH is 2. The van der Waals surface area contributed by atoms with Crippen LogP contribution in [0, 0.1) is 0 Å². The van der Waals surface area contributed by atoms with Crippen molar-refractivity contribution < 1.29 is 19.7 Å². The predicted octanol–water partition coefficient (Wildman–Crippen LogP) is 3.36. The van der Waals surface area contributed by atoms with Gasteiger partial charge < -0.3 is 14.9 Å². The van der Waals surface area contributed by atoms with Crippen molar-refractivity contribution in [1.29, 1.82) is 0 Å². The monoisotopic (exact) mass is 300 g/mol. The molecule has 124 valence electrons. The van der Waals surface area contributed by atoms with Crippen LogP contribution < -0.4 is 0 Å². The zero-order valence-electron chi connectivity index (χ0n) is 13.4. The number of hydrogen-bond acceptors (Lipinski definition) is 4. The fourth-order valence-electron chi connectivity index (χ4n) is 1.93. The molecule has 0 saturated heterocycles. The minimum Gasteiger partial charge on any atom is -0.463 e. The van der Waals surface area contributed by atoms with Gasteiger partial charge in [0, 0.05) is 6.42 Å². The van der Waals surface area contributed by atoms with Gasteiger partial charge in [0.1, 0.15) is 12.7 Å². The number of rotatable bonds is 14. The van der Waals surface area contributed by atoms with Crippen molar-refractivity contribution in [1.82, 2.24) is 0 Å². The van der Waals surface area contributed by atoms with E-state index in [1.807, 2.05) is 0 Å². The first-order valence-corrected chi connectivity index (χ1v) is 8.30. The highest BCUT2D eigenvalue weighted by Crippen LogP contribution is 2.08. The van der Waals surface area contributed by atoms with Crippen LogP contribution >= 0.6 is 0 Å². The van der Waals surface area contributed by atoms with Crippen LogP contribution in [0.15, 0.2) is 12.2 Å². The molecule has 4 nitrogen and oxygen atoms in total. The number of esters is 1. The molecule has 0 fully saturated rings. The van der Waals surface area contributed by atoms with Gasteiger partial charge in [-0.1, -0.05) is 51.2 Å². The highest BCUT2D eigenvalue weighted by Gasteiger charge is 2.07. The van der Waals surface area contributed by atoms with E-state index in [0.29, 0.717) is 6.42 Å². The van der Waals surface area contributed by atoms with E-state index in [0.717, 1.165) is 25.7 Å². The lowest BCUT2D eigenvalue weighted by atomic mass is 10.1. The zero-order valence-corrected chi connectivity index (χ0v) is 13.4. The van der Waals surface area contributed by atoms with Gasteiger partial charge >= 0.3 is 5.97 Å². The summed E-state index contributed by atoms with van der Waals surface area (Å²) in [5.74, 6) is -0.290. The Balaban J connectivity index is 3.24. The van der Waals surface area contributed by atoms with Gasteiger partial charge in [0.05, 0.1) is 6.61 Å². The average Bonchev–Trinajstić information content (AvgIpc) is 2.50. The molecular formula is C17H32O4. The normalized spacial score (nSPS) is 12.7. The number of aliphatic hydroxyl groups is 2. The maximum atomic E-state index is 11.3. The molecule has 21 heavy (non-hydrogen) atoms. The zero-order chi connectivity index (χ0) is 15.8. The molecule has 0 aromatic carbocycles.